The van der Waals surface area contributed by atoms with Gasteiger partial charge in [-0.1, -0.05) is 0 Å². The number of hydrogen-bond acceptors (Lipinski definition) is 5. The molecule has 0 aliphatic carbocycles. The fraction of sp³-hybridized carbons (Fsp3) is 0.500. The first-order chi connectivity index (χ1) is 9.42. The summed E-state index contributed by atoms with van der Waals surface area (Å²) in [5.41, 5.74) is 6.00. The van der Waals surface area contributed by atoms with Gasteiger partial charge in [0.15, 0.2) is 0 Å². The molecule has 1 heterocycles. The summed E-state index contributed by atoms with van der Waals surface area (Å²) in [5.74, 6) is 1.52. The van der Waals surface area contributed by atoms with Gasteiger partial charge in [0.05, 0.1) is 17.7 Å². The van der Waals surface area contributed by atoms with E-state index >= 15 is 0 Å². The fourth-order valence-corrected chi connectivity index (χ4v) is 4.72. The molecule has 112 valence electrons. The molecule has 8 heteroatoms. The molecule has 1 aliphatic rings. The third-order valence-corrected chi connectivity index (χ3v) is 6.12. The predicted octanol–water partition coefficient (Wildman–Crippen LogP) is 0.467. The minimum absolute atomic E-state index is 0.113. The molecule has 3 N–H and O–H groups in total. The highest BCUT2D eigenvalue weighted by atomic mass is 32.2. The highest BCUT2D eigenvalue weighted by Gasteiger charge is 2.24. The molecule has 1 aliphatic heterocycles. The van der Waals surface area contributed by atoms with Crippen LogP contribution in [0.3, 0.4) is 0 Å². The Hall–Kier alpha value is -1.12. The maximum absolute atomic E-state index is 12.3. The van der Waals surface area contributed by atoms with Gasteiger partial charge in [0.1, 0.15) is 5.75 Å². The van der Waals surface area contributed by atoms with Gasteiger partial charge in [-0.2, -0.15) is 0 Å². The molecule has 1 aromatic rings. The monoisotopic (exact) mass is 318 g/mol. The zero-order valence-corrected chi connectivity index (χ0v) is 12.8. The molecule has 0 atom stereocenters. The standard InChI is InChI=1S/C12H18N2O4S2/c1-18-12-3-2-10(8-11(12)13)20(16,17)14-9-4-6-19(15)7-5-9/h2-3,8-9,14H,4-7,13H2,1H3. The van der Waals surface area contributed by atoms with Crippen molar-refractivity contribution in [1.82, 2.24) is 4.72 Å². The largest absolute Gasteiger partial charge is 0.495 e. The average Bonchev–Trinajstić information content (AvgIpc) is 2.41. The summed E-state index contributed by atoms with van der Waals surface area (Å²) >= 11 is 0. The van der Waals surface area contributed by atoms with Crippen LogP contribution in [0.25, 0.3) is 0 Å². The number of ether oxygens (including phenoxy) is 1. The number of hydrogen-bond donors (Lipinski definition) is 2. The van der Waals surface area contributed by atoms with Crippen molar-refractivity contribution in [3.05, 3.63) is 18.2 Å². The van der Waals surface area contributed by atoms with Crippen LogP contribution in [0.1, 0.15) is 12.8 Å². The summed E-state index contributed by atoms with van der Waals surface area (Å²) in [7, 11) is -2.95. The van der Waals surface area contributed by atoms with Gasteiger partial charge in [0.2, 0.25) is 10.0 Å². The predicted molar refractivity (Wildman–Crippen MR) is 78.6 cm³/mol. The Morgan fingerprint density at radius 3 is 2.55 bits per heavy atom. The van der Waals surface area contributed by atoms with Crippen molar-refractivity contribution in [3.8, 4) is 5.75 Å². The van der Waals surface area contributed by atoms with Crippen LogP contribution < -0.4 is 15.2 Å². The number of nitrogens with two attached hydrogens (primary N) is 1. The van der Waals surface area contributed by atoms with Gasteiger partial charge >= 0.3 is 0 Å². The first kappa shape index (κ1) is 15.3. The molecular weight excluding hydrogens is 300 g/mol. The van der Waals surface area contributed by atoms with Crippen molar-refractivity contribution in [2.75, 3.05) is 24.3 Å². The molecular formula is C12H18N2O4S2. The Labute approximate surface area is 121 Å². The quantitative estimate of drug-likeness (QED) is 0.786. The molecule has 1 fully saturated rings. The topological polar surface area (TPSA) is 98.5 Å². The molecule has 2 rings (SSSR count). The van der Waals surface area contributed by atoms with E-state index in [1.165, 1.54) is 25.3 Å². The molecule has 0 radical (unpaired) electrons. The summed E-state index contributed by atoms with van der Waals surface area (Å²) in [6, 6.07) is 4.20. The Morgan fingerprint density at radius 1 is 1.35 bits per heavy atom. The van der Waals surface area contributed by atoms with E-state index in [0.717, 1.165) is 0 Å². The Kier molecular flexibility index (Phi) is 4.66. The molecule has 0 amide bonds. The molecule has 6 nitrogen and oxygen atoms in total. The van der Waals surface area contributed by atoms with Crippen molar-refractivity contribution in [3.63, 3.8) is 0 Å². The molecule has 20 heavy (non-hydrogen) atoms. The lowest BCUT2D eigenvalue weighted by Crippen LogP contribution is -2.39. The number of anilines is 1. The number of methoxy groups -OCH3 is 1. The molecule has 0 spiro atoms. The van der Waals surface area contributed by atoms with Gasteiger partial charge < -0.3 is 10.5 Å². The molecule has 0 saturated carbocycles. The lowest BCUT2D eigenvalue weighted by molar-refractivity contribution is 0.416. The number of rotatable bonds is 4. The number of benzene rings is 1. The molecule has 0 bridgehead atoms. The molecule has 1 saturated heterocycles. The summed E-state index contributed by atoms with van der Waals surface area (Å²) < 4.78 is 43.4. The first-order valence-electron chi connectivity index (χ1n) is 6.23. The Morgan fingerprint density at radius 2 is 2.00 bits per heavy atom. The van der Waals surface area contributed by atoms with E-state index in [1.807, 2.05) is 0 Å². The minimum Gasteiger partial charge on any atom is -0.495 e. The van der Waals surface area contributed by atoms with Crippen molar-refractivity contribution in [2.24, 2.45) is 0 Å². The summed E-state index contributed by atoms with van der Waals surface area (Å²) in [6.07, 6.45) is 1.19. The second kappa shape index (κ2) is 6.11. The fourth-order valence-electron chi connectivity index (χ4n) is 2.08. The van der Waals surface area contributed by atoms with Gasteiger partial charge in [-0.15, -0.1) is 0 Å². The maximum Gasteiger partial charge on any atom is 0.240 e. The van der Waals surface area contributed by atoms with Gasteiger partial charge in [0, 0.05) is 28.3 Å². The minimum atomic E-state index is -3.61. The number of sulfonamides is 1. The SMILES string of the molecule is COc1ccc(S(=O)(=O)NC2CCS(=O)CC2)cc1N. The maximum atomic E-state index is 12.3. The van der Waals surface area contributed by atoms with Gasteiger partial charge in [0.25, 0.3) is 0 Å². The van der Waals surface area contributed by atoms with Crippen molar-refractivity contribution in [2.45, 2.75) is 23.8 Å². The number of nitrogen functional groups attached to an aromatic ring is 1. The van der Waals surface area contributed by atoms with Crippen LogP contribution in [0.15, 0.2) is 23.1 Å². The van der Waals surface area contributed by atoms with Gasteiger partial charge in [-0.3, -0.25) is 4.21 Å². The van der Waals surface area contributed by atoms with E-state index in [-0.39, 0.29) is 16.6 Å². The van der Waals surface area contributed by atoms with E-state index in [0.29, 0.717) is 30.1 Å². The van der Waals surface area contributed by atoms with Crippen LogP contribution in [0.4, 0.5) is 5.69 Å². The van der Waals surface area contributed by atoms with Crippen molar-refractivity contribution < 1.29 is 17.4 Å². The van der Waals surface area contributed by atoms with Crippen molar-refractivity contribution >= 4 is 26.5 Å². The van der Waals surface area contributed by atoms with E-state index in [4.69, 9.17) is 10.5 Å². The lowest BCUT2D eigenvalue weighted by Gasteiger charge is -2.22. The summed E-state index contributed by atoms with van der Waals surface area (Å²) in [6.45, 7) is 0. The van der Waals surface area contributed by atoms with Crippen LogP contribution in [0.2, 0.25) is 0 Å². The third kappa shape index (κ3) is 3.50. The molecule has 1 aromatic carbocycles. The van der Waals surface area contributed by atoms with Crippen LogP contribution in [0.5, 0.6) is 5.75 Å². The van der Waals surface area contributed by atoms with E-state index in [2.05, 4.69) is 4.72 Å². The first-order valence-corrected chi connectivity index (χ1v) is 9.20. The highest BCUT2D eigenvalue weighted by molar-refractivity contribution is 7.89. The smallest absolute Gasteiger partial charge is 0.240 e. The van der Waals surface area contributed by atoms with Crippen LogP contribution in [0, 0.1) is 0 Å². The Balaban J connectivity index is 2.14. The lowest BCUT2D eigenvalue weighted by atomic mass is 10.2. The molecule has 0 unspecified atom stereocenters. The normalized spacial score (nSPS) is 23.4. The second-order valence-corrected chi connectivity index (χ2v) is 8.06. The Bertz CT molecular complexity index is 606. The summed E-state index contributed by atoms with van der Waals surface area (Å²) in [5, 5.41) is 0. The van der Waals surface area contributed by atoms with Gasteiger partial charge in [-0.05, 0) is 31.0 Å². The zero-order chi connectivity index (χ0) is 14.8. The van der Waals surface area contributed by atoms with E-state index in [1.54, 1.807) is 0 Å². The molecule has 0 aromatic heterocycles. The van der Waals surface area contributed by atoms with Gasteiger partial charge in [-0.25, -0.2) is 13.1 Å². The zero-order valence-electron chi connectivity index (χ0n) is 11.2. The summed E-state index contributed by atoms with van der Waals surface area (Å²) in [4.78, 5) is 0.113. The van der Waals surface area contributed by atoms with E-state index in [9.17, 15) is 12.6 Å². The average molecular weight is 318 g/mol. The van der Waals surface area contributed by atoms with E-state index < -0.39 is 20.8 Å². The third-order valence-electron chi connectivity index (χ3n) is 3.22. The van der Waals surface area contributed by atoms with Crippen LogP contribution in [-0.4, -0.2) is 37.3 Å². The highest BCUT2D eigenvalue weighted by Crippen LogP contribution is 2.24. The van der Waals surface area contributed by atoms with Crippen LogP contribution in [-0.2, 0) is 20.8 Å². The van der Waals surface area contributed by atoms with Crippen LogP contribution >= 0.6 is 0 Å². The number of nitrogens with one attached hydrogen (secondary N) is 1. The second-order valence-electron chi connectivity index (χ2n) is 4.65. The van der Waals surface area contributed by atoms with Crippen molar-refractivity contribution in [1.29, 1.82) is 0 Å².